The Labute approximate surface area is 178 Å². The Balaban J connectivity index is 1.27. The lowest BCUT2D eigenvalue weighted by molar-refractivity contribution is -0.0594. The molecule has 0 spiro atoms. The fourth-order valence-electron chi connectivity index (χ4n) is 6.58. The number of hydrogen-bond acceptors (Lipinski definition) is 3. The van der Waals surface area contributed by atoms with E-state index in [-0.39, 0.29) is 5.54 Å². The maximum atomic E-state index is 8.98. The Kier molecular flexibility index (Phi) is 4.91. The molecule has 4 nitrogen and oxygen atoms in total. The summed E-state index contributed by atoms with van der Waals surface area (Å²) in [5, 5.41) is 8.98. The van der Waals surface area contributed by atoms with E-state index in [4.69, 9.17) is 17.5 Å². The van der Waals surface area contributed by atoms with Crippen molar-refractivity contribution in [2.24, 2.45) is 17.8 Å². The van der Waals surface area contributed by atoms with Gasteiger partial charge < -0.3 is 9.47 Å². The molecule has 4 saturated carbocycles. The molecule has 1 heterocycles. The van der Waals surface area contributed by atoms with E-state index in [1.807, 2.05) is 36.8 Å². The summed E-state index contributed by atoms with van der Waals surface area (Å²) in [6, 6.07) is 9.98. The molecule has 0 atom stereocenters. The maximum absolute atomic E-state index is 8.98. The summed E-state index contributed by atoms with van der Waals surface area (Å²) in [6.45, 7) is 1.70. The molecule has 4 bridgehead atoms. The molecule has 29 heavy (non-hydrogen) atoms. The summed E-state index contributed by atoms with van der Waals surface area (Å²) >= 11 is 5.39. The lowest BCUT2D eigenvalue weighted by atomic mass is 9.52. The first-order chi connectivity index (χ1) is 14.2. The normalized spacial score (nSPS) is 29.6. The molecule has 4 aliphatic carbocycles. The predicted molar refractivity (Wildman–Crippen MR) is 116 cm³/mol. The van der Waals surface area contributed by atoms with Crippen molar-refractivity contribution >= 4 is 17.7 Å². The van der Waals surface area contributed by atoms with Gasteiger partial charge in [-0.15, -0.1) is 0 Å². The summed E-state index contributed by atoms with van der Waals surface area (Å²) < 4.78 is 2.21. The SMILES string of the molecule is N#Cc1ccc(Cn2cncc2CCN([C]=S)C23CC4CC(CC(C4)C2)C3)cc1. The average Bonchev–Trinajstić information content (AvgIpc) is 3.15. The highest BCUT2D eigenvalue weighted by Crippen LogP contribution is 2.57. The van der Waals surface area contributed by atoms with Crippen molar-refractivity contribution in [2.45, 2.75) is 57.0 Å². The molecule has 0 saturated heterocycles. The lowest BCUT2D eigenvalue weighted by Crippen LogP contribution is -2.59. The third-order valence-electron chi connectivity index (χ3n) is 7.51. The first-order valence-electron chi connectivity index (χ1n) is 10.8. The highest BCUT2D eigenvalue weighted by molar-refractivity contribution is 7.78. The van der Waals surface area contributed by atoms with Gasteiger partial charge in [0.05, 0.1) is 18.0 Å². The fourth-order valence-corrected chi connectivity index (χ4v) is 6.87. The minimum absolute atomic E-state index is 0.272. The average molecular weight is 404 g/mol. The van der Waals surface area contributed by atoms with Gasteiger partial charge in [-0.2, -0.15) is 5.26 Å². The van der Waals surface area contributed by atoms with Crippen molar-refractivity contribution in [3.63, 3.8) is 0 Å². The summed E-state index contributed by atoms with van der Waals surface area (Å²) in [7, 11) is 0. The molecular formula is C24H27N4S. The quantitative estimate of drug-likeness (QED) is 0.506. The number of thiocarbonyl (C=S) groups is 1. The molecule has 0 N–H and O–H groups in total. The largest absolute Gasteiger partial charge is 0.354 e. The number of benzene rings is 1. The lowest BCUT2D eigenvalue weighted by Gasteiger charge is -2.60. The monoisotopic (exact) mass is 403 g/mol. The van der Waals surface area contributed by atoms with E-state index < -0.39 is 0 Å². The predicted octanol–water partition coefficient (Wildman–Crippen LogP) is 4.45. The van der Waals surface area contributed by atoms with Crippen molar-refractivity contribution < 1.29 is 0 Å². The molecule has 1 aromatic heterocycles. The Hall–Kier alpha value is -2.19. The van der Waals surface area contributed by atoms with Crippen LogP contribution in [0.25, 0.3) is 0 Å². The van der Waals surface area contributed by atoms with Crippen LogP contribution in [0, 0.1) is 29.1 Å². The van der Waals surface area contributed by atoms with Crippen LogP contribution in [0.2, 0.25) is 0 Å². The van der Waals surface area contributed by atoms with E-state index in [2.05, 4.69) is 26.0 Å². The molecule has 0 aliphatic heterocycles. The zero-order chi connectivity index (χ0) is 19.8. The third kappa shape index (κ3) is 3.59. The van der Waals surface area contributed by atoms with Crippen molar-refractivity contribution in [2.75, 3.05) is 6.54 Å². The van der Waals surface area contributed by atoms with Crippen LogP contribution in [-0.2, 0) is 13.0 Å². The number of aromatic nitrogens is 2. The number of nitriles is 1. The molecule has 149 valence electrons. The van der Waals surface area contributed by atoms with Crippen molar-refractivity contribution in [3.05, 3.63) is 53.6 Å². The Bertz CT molecular complexity index is 888. The van der Waals surface area contributed by atoms with Gasteiger partial charge in [-0.25, -0.2) is 4.98 Å². The maximum Gasteiger partial charge on any atom is 0.137 e. The molecule has 1 aromatic carbocycles. The minimum Gasteiger partial charge on any atom is -0.354 e. The van der Waals surface area contributed by atoms with Crippen LogP contribution in [0.3, 0.4) is 0 Å². The third-order valence-corrected chi connectivity index (χ3v) is 7.74. The van der Waals surface area contributed by atoms with E-state index in [1.165, 1.54) is 49.8 Å². The Morgan fingerprint density at radius 1 is 1.10 bits per heavy atom. The summed E-state index contributed by atoms with van der Waals surface area (Å²) in [4.78, 5) is 6.79. The Morgan fingerprint density at radius 3 is 2.34 bits per heavy atom. The van der Waals surface area contributed by atoms with Crippen LogP contribution >= 0.6 is 12.2 Å². The van der Waals surface area contributed by atoms with Gasteiger partial charge in [0.15, 0.2) is 0 Å². The van der Waals surface area contributed by atoms with Crippen molar-refractivity contribution in [1.82, 2.24) is 14.5 Å². The molecule has 4 aliphatic rings. The van der Waals surface area contributed by atoms with E-state index in [9.17, 15) is 0 Å². The number of rotatable bonds is 7. The first-order valence-corrected chi connectivity index (χ1v) is 11.2. The molecule has 4 fully saturated rings. The second kappa shape index (κ2) is 7.57. The highest BCUT2D eigenvalue weighted by Gasteiger charge is 2.53. The highest BCUT2D eigenvalue weighted by atomic mass is 32.1. The standard InChI is InChI=1S/C24H27N4S/c25-13-18-1-3-19(4-2-18)15-27-16-26-14-23(27)5-6-28(17-29)24-10-20-7-21(11-24)9-22(8-20)12-24/h1-4,14,16,20-22H,5-12,15H2. The van der Waals surface area contributed by atoms with Gasteiger partial charge >= 0.3 is 0 Å². The number of imidazole rings is 1. The van der Waals surface area contributed by atoms with Crippen molar-refractivity contribution in [3.8, 4) is 6.07 Å². The first kappa shape index (κ1) is 18.8. The van der Waals surface area contributed by atoms with Crippen LogP contribution < -0.4 is 0 Å². The Morgan fingerprint density at radius 2 is 1.76 bits per heavy atom. The van der Waals surface area contributed by atoms with Crippen LogP contribution in [0.1, 0.15) is 55.3 Å². The van der Waals surface area contributed by atoms with Crippen LogP contribution in [0.5, 0.6) is 0 Å². The second-order valence-corrected chi connectivity index (χ2v) is 9.64. The van der Waals surface area contributed by atoms with Gasteiger partial charge in [-0.05, 0) is 74.0 Å². The molecule has 5 heteroatoms. The smallest absolute Gasteiger partial charge is 0.137 e. The van der Waals surface area contributed by atoms with E-state index in [1.54, 1.807) is 0 Å². The van der Waals surface area contributed by atoms with Gasteiger partial charge in [-0.3, -0.25) is 0 Å². The molecule has 6 rings (SSSR count). The van der Waals surface area contributed by atoms with Crippen LogP contribution in [0.4, 0.5) is 0 Å². The zero-order valence-electron chi connectivity index (χ0n) is 16.8. The van der Waals surface area contributed by atoms with Gasteiger partial charge in [0.2, 0.25) is 0 Å². The van der Waals surface area contributed by atoms with Crippen LogP contribution in [-0.4, -0.2) is 32.0 Å². The second-order valence-electron chi connectivity index (χ2n) is 9.46. The number of hydrogen-bond donors (Lipinski definition) is 0. The van der Waals surface area contributed by atoms with Gasteiger partial charge in [-0.1, -0.05) is 24.4 Å². The zero-order valence-corrected chi connectivity index (χ0v) is 17.6. The fraction of sp³-hybridized carbons (Fsp3) is 0.542. The van der Waals surface area contributed by atoms with Gasteiger partial charge in [0.25, 0.3) is 0 Å². The molecule has 0 amide bonds. The summed E-state index contributed by atoms with van der Waals surface area (Å²) in [5.74, 6) is 2.73. The topological polar surface area (TPSA) is 44.9 Å². The van der Waals surface area contributed by atoms with E-state index in [0.717, 1.165) is 37.3 Å². The van der Waals surface area contributed by atoms with E-state index >= 15 is 0 Å². The number of nitrogens with zero attached hydrogens (tertiary/aromatic N) is 4. The molecule has 1 radical (unpaired) electrons. The van der Waals surface area contributed by atoms with Gasteiger partial charge in [0.1, 0.15) is 5.49 Å². The summed E-state index contributed by atoms with van der Waals surface area (Å²) in [6.07, 6.45) is 13.1. The molecular weight excluding hydrogens is 376 g/mol. The minimum atomic E-state index is 0.272. The van der Waals surface area contributed by atoms with Gasteiger partial charge in [0, 0.05) is 36.9 Å². The van der Waals surface area contributed by atoms with Crippen LogP contribution in [0.15, 0.2) is 36.8 Å². The summed E-state index contributed by atoms with van der Waals surface area (Å²) in [5.41, 5.74) is 6.54. The van der Waals surface area contributed by atoms with Crippen molar-refractivity contribution in [1.29, 1.82) is 5.26 Å². The molecule has 2 aromatic rings. The van der Waals surface area contributed by atoms with E-state index in [0.29, 0.717) is 5.56 Å². The molecule has 0 unspecified atom stereocenters.